The van der Waals surface area contributed by atoms with Crippen molar-refractivity contribution < 1.29 is 19.1 Å². The van der Waals surface area contributed by atoms with E-state index in [1.807, 2.05) is 0 Å². The second-order valence-electron chi connectivity index (χ2n) is 5.75. The second kappa shape index (κ2) is 8.78. The van der Waals surface area contributed by atoms with Gasteiger partial charge in [0.1, 0.15) is 0 Å². The van der Waals surface area contributed by atoms with E-state index < -0.39 is 0 Å². The van der Waals surface area contributed by atoms with E-state index in [1.165, 1.54) is 19.1 Å². The van der Waals surface area contributed by atoms with E-state index in [0.29, 0.717) is 42.0 Å². The number of carbonyl (C=O) groups is 2. The number of benzene rings is 2. The van der Waals surface area contributed by atoms with Crippen molar-refractivity contribution in [2.45, 2.75) is 6.54 Å². The van der Waals surface area contributed by atoms with E-state index in [-0.39, 0.29) is 17.7 Å². The SMILES string of the molecule is COc1cc(/C=C2/SC(=O)N(Cc3ccc(Cl)c(Cl)c3)C2=O)cc(Br)c1OC. The van der Waals surface area contributed by atoms with Gasteiger partial charge in [0.2, 0.25) is 0 Å². The Morgan fingerprint density at radius 3 is 2.50 bits per heavy atom. The molecule has 146 valence electrons. The van der Waals surface area contributed by atoms with Crippen molar-refractivity contribution in [3.05, 3.63) is 60.9 Å². The third-order valence-electron chi connectivity index (χ3n) is 3.95. The minimum atomic E-state index is -0.369. The van der Waals surface area contributed by atoms with Crippen LogP contribution in [0.3, 0.4) is 0 Å². The highest BCUT2D eigenvalue weighted by molar-refractivity contribution is 9.10. The standard InChI is InChI=1S/C19H14BrCl2NO4S/c1-26-15-7-11(5-12(20)17(15)27-2)8-16-18(24)23(19(25)28-16)9-10-3-4-13(21)14(22)6-10/h3-8H,9H2,1-2H3/b16-8+. The number of hydrogen-bond donors (Lipinski definition) is 0. The Morgan fingerprint density at radius 2 is 1.86 bits per heavy atom. The highest BCUT2D eigenvalue weighted by atomic mass is 79.9. The molecule has 3 rings (SSSR count). The van der Waals surface area contributed by atoms with Gasteiger partial charge in [0, 0.05) is 0 Å². The lowest BCUT2D eigenvalue weighted by Crippen LogP contribution is -2.27. The fraction of sp³-hybridized carbons (Fsp3) is 0.158. The molecule has 1 saturated heterocycles. The Kier molecular flexibility index (Phi) is 6.60. The zero-order chi connectivity index (χ0) is 20.4. The minimum absolute atomic E-state index is 0.120. The fourth-order valence-electron chi connectivity index (χ4n) is 2.63. The van der Waals surface area contributed by atoms with Crippen molar-refractivity contribution in [1.29, 1.82) is 0 Å². The summed E-state index contributed by atoms with van der Waals surface area (Å²) in [7, 11) is 3.07. The molecule has 0 unspecified atom stereocenters. The zero-order valence-electron chi connectivity index (χ0n) is 14.8. The first-order chi connectivity index (χ1) is 13.3. The van der Waals surface area contributed by atoms with Gasteiger partial charge in [-0.2, -0.15) is 0 Å². The van der Waals surface area contributed by atoms with Crippen LogP contribution in [0.15, 0.2) is 39.7 Å². The number of imide groups is 1. The summed E-state index contributed by atoms with van der Waals surface area (Å²) in [6.07, 6.45) is 1.65. The summed E-state index contributed by atoms with van der Waals surface area (Å²) in [4.78, 5) is 26.6. The van der Waals surface area contributed by atoms with Crippen LogP contribution in [0.5, 0.6) is 11.5 Å². The summed E-state index contributed by atoms with van der Waals surface area (Å²) < 4.78 is 11.3. The summed E-state index contributed by atoms with van der Waals surface area (Å²) in [5.41, 5.74) is 1.41. The molecule has 1 aliphatic rings. The maximum Gasteiger partial charge on any atom is 0.293 e. The van der Waals surface area contributed by atoms with E-state index in [9.17, 15) is 9.59 Å². The third-order valence-corrected chi connectivity index (χ3v) is 6.19. The van der Waals surface area contributed by atoms with E-state index >= 15 is 0 Å². The Hall–Kier alpha value is -1.67. The van der Waals surface area contributed by atoms with Crippen molar-refractivity contribution in [3.8, 4) is 11.5 Å². The van der Waals surface area contributed by atoms with Crippen LogP contribution in [0, 0.1) is 0 Å². The third kappa shape index (κ3) is 4.33. The van der Waals surface area contributed by atoms with Gasteiger partial charge in [-0.15, -0.1) is 0 Å². The summed E-state index contributed by atoms with van der Waals surface area (Å²) in [5, 5.41) is 0.442. The van der Waals surface area contributed by atoms with Crippen molar-refractivity contribution >= 4 is 68.1 Å². The number of thioether (sulfide) groups is 1. The first-order valence-corrected chi connectivity index (χ1v) is 10.3. The average molecular weight is 503 g/mol. The number of nitrogens with zero attached hydrogens (tertiary/aromatic N) is 1. The van der Waals surface area contributed by atoms with Crippen LogP contribution < -0.4 is 9.47 Å². The number of ether oxygens (including phenoxy) is 2. The van der Waals surface area contributed by atoms with Crippen LogP contribution >= 0.6 is 50.9 Å². The van der Waals surface area contributed by atoms with Crippen molar-refractivity contribution in [3.63, 3.8) is 0 Å². The molecule has 2 aromatic carbocycles. The van der Waals surface area contributed by atoms with Gasteiger partial charge >= 0.3 is 0 Å². The number of carbonyl (C=O) groups excluding carboxylic acids is 2. The topological polar surface area (TPSA) is 55.8 Å². The first-order valence-electron chi connectivity index (χ1n) is 7.95. The molecular weight excluding hydrogens is 489 g/mol. The van der Waals surface area contributed by atoms with Gasteiger partial charge in [0.05, 0.1) is 40.2 Å². The quantitative estimate of drug-likeness (QED) is 0.468. The molecule has 1 fully saturated rings. The lowest BCUT2D eigenvalue weighted by molar-refractivity contribution is -0.123. The molecule has 1 aliphatic heterocycles. The molecule has 5 nitrogen and oxygen atoms in total. The fourth-order valence-corrected chi connectivity index (χ4v) is 4.41. The predicted molar refractivity (Wildman–Crippen MR) is 115 cm³/mol. The average Bonchev–Trinajstić information content (AvgIpc) is 2.91. The Labute approximate surface area is 184 Å². The Bertz CT molecular complexity index is 996. The molecule has 0 N–H and O–H groups in total. The maximum absolute atomic E-state index is 12.7. The van der Waals surface area contributed by atoms with E-state index in [2.05, 4.69) is 15.9 Å². The van der Waals surface area contributed by atoms with Crippen molar-refractivity contribution in [2.75, 3.05) is 14.2 Å². The molecule has 0 atom stereocenters. The largest absolute Gasteiger partial charge is 0.493 e. The minimum Gasteiger partial charge on any atom is -0.493 e. The maximum atomic E-state index is 12.7. The van der Waals surface area contributed by atoms with Crippen LogP contribution in [-0.4, -0.2) is 30.3 Å². The molecule has 9 heteroatoms. The predicted octanol–water partition coefficient (Wildman–Crippen LogP) is 6.01. The zero-order valence-corrected chi connectivity index (χ0v) is 18.7. The van der Waals surface area contributed by atoms with Gasteiger partial charge < -0.3 is 9.47 Å². The first kappa shape index (κ1) is 21.0. The molecule has 2 amide bonds. The van der Waals surface area contributed by atoms with Gasteiger partial charge in [-0.25, -0.2) is 0 Å². The van der Waals surface area contributed by atoms with Gasteiger partial charge in [-0.1, -0.05) is 29.3 Å². The number of rotatable bonds is 5. The summed E-state index contributed by atoms with van der Waals surface area (Å²) in [6, 6.07) is 8.52. The lowest BCUT2D eigenvalue weighted by atomic mass is 10.1. The molecule has 1 heterocycles. The molecule has 0 saturated carbocycles. The normalized spacial score (nSPS) is 15.5. The monoisotopic (exact) mass is 501 g/mol. The number of methoxy groups -OCH3 is 2. The smallest absolute Gasteiger partial charge is 0.293 e. The second-order valence-corrected chi connectivity index (χ2v) is 8.42. The van der Waals surface area contributed by atoms with Crippen LogP contribution in [0.25, 0.3) is 6.08 Å². The Balaban J connectivity index is 1.86. The Morgan fingerprint density at radius 1 is 1.11 bits per heavy atom. The number of hydrogen-bond acceptors (Lipinski definition) is 5. The molecule has 0 spiro atoms. The van der Waals surface area contributed by atoms with E-state index in [1.54, 1.807) is 36.4 Å². The number of halogens is 3. The molecule has 2 aromatic rings. The van der Waals surface area contributed by atoms with Crippen LogP contribution in [0.2, 0.25) is 10.0 Å². The van der Waals surface area contributed by atoms with E-state index in [0.717, 1.165) is 11.8 Å². The van der Waals surface area contributed by atoms with Gasteiger partial charge in [0.15, 0.2) is 11.5 Å². The van der Waals surface area contributed by atoms with Crippen LogP contribution in [-0.2, 0) is 11.3 Å². The highest BCUT2D eigenvalue weighted by Crippen LogP contribution is 2.39. The van der Waals surface area contributed by atoms with Crippen LogP contribution in [0.4, 0.5) is 4.79 Å². The summed E-state index contributed by atoms with van der Waals surface area (Å²) in [5.74, 6) is 0.692. The highest BCUT2D eigenvalue weighted by Gasteiger charge is 2.35. The summed E-state index contributed by atoms with van der Waals surface area (Å²) in [6.45, 7) is 0.120. The van der Waals surface area contributed by atoms with Gasteiger partial charge in [-0.05, 0) is 69.2 Å². The van der Waals surface area contributed by atoms with Crippen LogP contribution in [0.1, 0.15) is 11.1 Å². The molecule has 0 aliphatic carbocycles. The summed E-state index contributed by atoms with van der Waals surface area (Å²) >= 11 is 16.2. The van der Waals surface area contributed by atoms with Gasteiger partial charge in [-0.3, -0.25) is 14.5 Å². The van der Waals surface area contributed by atoms with Gasteiger partial charge in [0.25, 0.3) is 11.1 Å². The van der Waals surface area contributed by atoms with Crippen molar-refractivity contribution in [2.24, 2.45) is 0 Å². The van der Waals surface area contributed by atoms with E-state index in [4.69, 9.17) is 32.7 Å². The lowest BCUT2D eigenvalue weighted by Gasteiger charge is -2.13. The molecule has 0 bridgehead atoms. The molecular formula is C19H14BrCl2NO4S. The van der Waals surface area contributed by atoms with Crippen molar-refractivity contribution in [1.82, 2.24) is 4.90 Å². The molecule has 0 aromatic heterocycles. The number of amides is 2. The molecule has 0 radical (unpaired) electrons. The molecule has 28 heavy (non-hydrogen) atoms.